The van der Waals surface area contributed by atoms with Gasteiger partial charge in [-0.1, -0.05) is 23.7 Å². The zero-order valence-corrected chi connectivity index (χ0v) is 11.9. The van der Waals surface area contributed by atoms with Crippen molar-refractivity contribution in [1.82, 2.24) is 19.7 Å². The third-order valence-corrected chi connectivity index (χ3v) is 4.03. The van der Waals surface area contributed by atoms with Gasteiger partial charge in [-0.3, -0.25) is 4.40 Å². The van der Waals surface area contributed by atoms with Crippen LogP contribution in [0.4, 0.5) is 0 Å². The summed E-state index contributed by atoms with van der Waals surface area (Å²) in [5, 5.41) is 3.97. The second-order valence-corrected chi connectivity index (χ2v) is 5.58. The fourth-order valence-corrected chi connectivity index (χ4v) is 2.95. The molecule has 2 N–H and O–H groups in total. The summed E-state index contributed by atoms with van der Waals surface area (Å²) < 4.78 is 1.57. The molecule has 2 aromatic heterocycles. The number of rotatable bonds is 1. The minimum absolute atomic E-state index is 0.147. The number of nitrogens with one attached hydrogen (secondary N) is 2. The van der Waals surface area contributed by atoms with Gasteiger partial charge in [0.05, 0.1) is 5.69 Å². The van der Waals surface area contributed by atoms with Crippen LogP contribution in [-0.4, -0.2) is 20.9 Å². The molecule has 0 fully saturated rings. The highest BCUT2D eigenvalue weighted by molar-refractivity contribution is 6.30. The summed E-state index contributed by atoms with van der Waals surface area (Å²) in [4.78, 5) is 19.8. The molecule has 4 rings (SSSR count). The van der Waals surface area contributed by atoms with Crippen LogP contribution in [0, 0.1) is 0 Å². The van der Waals surface area contributed by atoms with E-state index in [0.29, 0.717) is 5.02 Å². The van der Waals surface area contributed by atoms with E-state index in [1.165, 1.54) is 0 Å². The fraction of sp³-hybridized carbons (Fsp3) is 0.200. The van der Waals surface area contributed by atoms with Crippen molar-refractivity contribution in [3.05, 3.63) is 57.2 Å². The zero-order chi connectivity index (χ0) is 14.4. The van der Waals surface area contributed by atoms with Crippen LogP contribution in [0.15, 0.2) is 35.3 Å². The zero-order valence-electron chi connectivity index (χ0n) is 11.2. The Kier molecular flexibility index (Phi) is 2.83. The van der Waals surface area contributed by atoms with Gasteiger partial charge in [-0.15, -0.1) is 0 Å². The number of hydrogen-bond acceptors (Lipinski definition) is 3. The number of imidazole rings is 1. The highest BCUT2D eigenvalue weighted by Crippen LogP contribution is 2.24. The van der Waals surface area contributed by atoms with Crippen molar-refractivity contribution in [2.75, 3.05) is 6.54 Å². The molecule has 0 saturated heterocycles. The molecular weight excluding hydrogens is 288 g/mol. The van der Waals surface area contributed by atoms with E-state index in [1.54, 1.807) is 10.6 Å². The Morgan fingerprint density at radius 3 is 3.10 bits per heavy atom. The largest absolute Gasteiger partial charge is 0.331 e. The monoisotopic (exact) mass is 300 g/mol. The Labute approximate surface area is 125 Å². The van der Waals surface area contributed by atoms with Crippen LogP contribution in [-0.2, 0) is 13.0 Å². The Morgan fingerprint density at radius 2 is 2.24 bits per heavy atom. The summed E-state index contributed by atoms with van der Waals surface area (Å²) in [6, 6.07) is 7.48. The minimum atomic E-state index is -0.147. The number of aromatic amines is 1. The Bertz CT molecular complexity index is 896. The first-order valence-electron chi connectivity index (χ1n) is 6.82. The van der Waals surface area contributed by atoms with Gasteiger partial charge in [-0.2, -0.15) is 0 Å². The van der Waals surface area contributed by atoms with Crippen molar-refractivity contribution in [1.29, 1.82) is 0 Å². The first-order valence-corrected chi connectivity index (χ1v) is 7.20. The maximum Gasteiger partial charge on any atom is 0.331 e. The lowest BCUT2D eigenvalue weighted by atomic mass is 10.1. The van der Waals surface area contributed by atoms with E-state index in [1.807, 2.05) is 24.3 Å². The molecule has 0 spiro atoms. The standard InChI is InChI=1S/C15H13ClN4O/c16-10-3-1-2-9(6-10)13-8-20-14(18-13)11-7-17-5-4-12(11)19-15(20)21/h1-3,6,8,17H,4-5,7H2,(H,19,21). The second-order valence-electron chi connectivity index (χ2n) is 5.14. The molecule has 6 heteroatoms. The number of benzene rings is 1. The van der Waals surface area contributed by atoms with Crippen LogP contribution in [0.5, 0.6) is 0 Å². The lowest BCUT2D eigenvalue weighted by Crippen LogP contribution is -2.29. The van der Waals surface area contributed by atoms with Gasteiger partial charge < -0.3 is 10.3 Å². The second kappa shape index (κ2) is 4.72. The Hall–Kier alpha value is -2.11. The topological polar surface area (TPSA) is 62.2 Å². The van der Waals surface area contributed by atoms with Crippen LogP contribution in [0.2, 0.25) is 5.02 Å². The van der Waals surface area contributed by atoms with E-state index in [4.69, 9.17) is 11.6 Å². The van der Waals surface area contributed by atoms with Crippen molar-refractivity contribution in [3.63, 3.8) is 0 Å². The van der Waals surface area contributed by atoms with Crippen LogP contribution in [0.25, 0.3) is 16.9 Å². The molecule has 1 aliphatic heterocycles. The predicted molar refractivity (Wildman–Crippen MR) is 81.7 cm³/mol. The van der Waals surface area contributed by atoms with Gasteiger partial charge in [0.2, 0.25) is 0 Å². The summed E-state index contributed by atoms with van der Waals surface area (Å²) in [6.45, 7) is 1.60. The van der Waals surface area contributed by atoms with Gasteiger partial charge in [0.15, 0.2) is 0 Å². The SMILES string of the molecule is O=c1[nH]c2c(c3nc(-c4cccc(Cl)c4)cn13)CNCC2. The molecule has 0 saturated carbocycles. The molecule has 106 valence electrons. The van der Waals surface area contributed by atoms with Crippen LogP contribution in [0.3, 0.4) is 0 Å². The van der Waals surface area contributed by atoms with Gasteiger partial charge in [0.1, 0.15) is 5.65 Å². The van der Waals surface area contributed by atoms with E-state index >= 15 is 0 Å². The van der Waals surface area contributed by atoms with E-state index in [2.05, 4.69) is 15.3 Å². The fourth-order valence-electron chi connectivity index (χ4n) is 2.76. The number of nitrogens with zero attached hydrogens (tertiary/aromatic N) is 2. The van der Waals surface area contributed by atoms with Gasteiger partial charge in [-0.05, 0) is 12.1 Å². The van der Waals surface area contributed by atoms with Crippen molar-refractivity contribution in [2.45, 2.75) is 13.0 Å². The quantitative estimate of drug-likeness (QED) is 0.722. The first-order chi connectivity index (χ1) is 10.2. The van der Waals surface area contributed by atoms with Crippen molar-refractivity contribution < 1.29 is 0 Å². The summed E-state index contributed by atoms with van der Waals surface area (Å²) in [7, 11) is 0. The van der Waals surface area contributed by atoms with E-state index < -0.39 is 0 Å². The number of halogens is 1. The van der Waals surface area contributed by atoms with Crippen LogP contribution < -0.4 is 11.0 Å². The highest BCUT2D eigenvalue weighted by Gasteiger charge is 2.17. The summed E-state index contributed by atoms with van der Waals surface area (Å²) in [5.74, 6) is 0. The van der Waals surface area contributed by atoms with Gasteiger partial charge >= 0.3 is 5.69 Å². The molecular formula is C15H13ClN4O. The molecule has 0 aliphatic carbocycles. The molecule has 3 heterocycles. The molecule has 0 radical (unpaired) electrons. The minimum Gasteiger partial charge on any atom is -0.312 e. The maximum atomic E-state index is 12.2. The third-order valence-electron chi connectivity index (χ3n) is 3.79. The maximum absolute atomic E-state index is 12.2. The molecule has 0 bridgehead atoms. The normalized spacial score (nSPS) is 14.3. The summed E-state index contributed by atoms with van der Waals surface area (Å²) >= 11 is 6.03. The molecule has 21 heavy (non-hydrogen) atoms. The Morgan fingerprint density at radius 1 is 1.33 bits per heavy atom. The first kappa shape index (κ1) is 12.6. The number of fused-ring (bicyclic) bond motifs is 3. The van der Waals surface area contributed by atoms with E-state index in [9.17, 15) is 4.79 Å². The van der Waals surface area contributed by atoms with Gasteiger partial charge in [-0.25, -0.2) is 9.78 Å². The van der Waals surface area contributed by atoms with Crippen molar-refractivity contribution in [3.8, 4) is 11.3 Å². The number of hydrogen-bond donors (Lipinski definition) is 2. The van der Waals surface area contributed by atoms with Gasteiger partial charge in [0, 0.05) is 47.6 Å². The summed E-state index contributed by atoms with van der Waals surface area (Å²) in [6.07, 6.45) is 2.58. The smallest absolute Gasteiger partial charge is 0.312 e. The third kappa shape index (κ3) is 2.05. The van der Waals surface area contributed by atoms with E-state index in [0.717, 1.165) is 47.7 Å². The molecule has 0 atom stereocenters. The van der Waals surface area contributed by atoms with Crippen molar-refractivity contribution >= 4 is 17.2 Å². The molecule has 0 unspecified atom stereocenters. The lowest BCUT2D eigenvalue weighted by Gasteiger charge is -2.16. The average molecular weight is 301 g/mol. The van der Waals surface area contributed by atoms with Gasteiger partial charge in [0.25, 0.3) is 0 Å². The predicted octanol–water partition coefficient (Wildman–Crippen LogP) is 1.99. The highest BCUT2D eigenvalue weighted by atomic mass is 35.5. The van der Waals surface area contributed by atoms with E-state index in [-0.39, 0.29) is 5.69 Å². The van der Waals surface area contributed by atoms with Crippen molar-refractivity contribution in [2.24, 2.45) is 0 Å². The summed E-state index contributed by atoms with van der Waals surface area (Å²) in [5.41, 5.74) is 4.27. The van der Waals surface area contributed by atoms with Crippen LogP contribution in [0.1, 0.15) is 11.3 Å². The number of aromatic nitrogens is 3. The van der Waals surface area contributed by atoms with Crippen LogP contribution >= 0.6 is 11.6 Å². The molecule has 5 nitrogen and oxygen atoms in total. The molecule has 0 amide bonds. The average Bonchev–Trinajstić information content (AvgIpc) is 2.93. The Balaban J connectivity index is 1.98. The lowest BCUT2D eigenvalue weighted by molar-refractivity contribution is 0.624. The number of H-pyrrole nitrogens is 1. The molecule has 1 aromatic carbocycles. The molecule has 1 aliphatic rings. The molecule has 3 aromatic rings.